The Hall–Kier alpha value is -4.10. The SMILES string of the molecule is CCCc1ccc(-c2c(Nc3ccccc3OC)nc(N)nc2-c2ccc(OCCN(CC)CC)cc2)cc1. The number of nitrogen functional groups attached to an aromatic ring is 1. The van der Waals surface area contributed by atoms with Crippen LogP contribution in [-0.2, 0) is 6.42 Å². The van der Waals surface area contributed by atoms with Crippen molar-refractivity contribution in [1.82, 2.24) is 14.9 Å². The summed E-state index contributed by atoms with van der Waals surface area (Å²) in [7, 11) is 1.65. The van der Waals surface area contributed by atoms with Crippen LogP contribution in [0.15, 0.2) is 72.8 Å². The van der Waals surface area contributed by atoms with E-state index in [1.165, 1.54) is 5.56 Å². The second kappa shape index (κ2) is 13.6. The maximum absolute atomic E-state index is 6.26. The number of aryl methyl sites for hydroxylation is 1. The zero-order valence-corrected chi connectivity index (χ0v) is 23.4. The van der Waals surface area contributed by atoms with Crippen molar-refractivity contribution in [2.24, 2.45) is 0 Å². The molecule has 3 N–H and O–H groups in total. The average molecular weight is 526 g/mol. The van der Waals surface area contributed by atoms with Gasteiger partial charge in [0.05, 0.1) is 24.1 Å². The van der Waals surface area contributed by atoms with Gasteiger partial charge in [-0.05, 0) is 67.0 Å². The Balaban J connectivity index is 1.73. The fraction of sp³-hybridized carbons (Fsp3) is 0.312. The van der Waals surface area contributed by atoms with Gasteiger partial charge in [-0.3, -0.25) is 0 Å². The summed E-state index contributed by atoms with van der Waals surface area (Å²) >= 11 is 0. The lowest BCUT2D eigenvalue weighted by molar-refractivity contribution is 0.223. The molecule has 7 nitrogen and oxygen atoms in total. The highest BCUT2D eigenvalue weighted by atomic mass is 16.5. The van der Waals surface area contributed by atoms with Crippen molar-refractivity contribution in [1.29, 1.82) is 0 Å². The Morgan fingerprint density at radius 3 is 2.21 bits per heavy atom. The summed E-state index contributed by atoms with van der Waals surface area (Å²) in [4.78, 5) is 11.7. The van der Waals surface area contributed by atoms with Gasteiger partial charge in [-0.25, -0.2) is 4.98 Å². The van der Waals surface area contributed by atoms with Crippen molar-refractivity contribution < 1.29 is 9.47 Å². The molecule has 0 amide bonds. The van der Waals surface area contributed by atoms with Gasteiger partial charge in [0.25, 0.3) is 0 Å². The molecule has 204 valence electrons. The molecule has 1 heterocycles. The first-order chi connectivity index (χ1) is 19.1. The molecule has 0 unspecified atom stereocenters. The molecule has 0 saturated carbocycles. The van der Waals surface area contributed by atoms with Gasteiger partial charge in [-0.15, -0.1) is 0 Å². The third-order valence-corrected chi connectivity index (χ3v) is 6.77. The Kier molecular flexibility index (Phi) is 9.75. The smallest absolute Gasteiger partial charge is 0.222 e. The molecule has 0 aliphatic heterocycles. The maximum atomic E-state index is 6.26. The van der Waals surface area contributed by atoms with E-state index < -0.39 is 0 Å². The molecule has 0 saturated heterocycles. The number of rotatable bonds is 13. The molecular weight excluding hydrogens is 486 g/mol. The van der Waals surface area contributed by atoms with E-state index in [2.05, 4.69) is 60.2 Å². The highest BCUT2D eigenvalue weighted by Crippen LogP contribution is 2.39. The van der Waals surface area contributed by atoms with E-state index in [-0.39, 0.29) is 5.95 Å². The number of ether oxygens (including phenoxy) is 2. The second-order valence-corrected chi connectivity index (χ2v) is 9.33. The van der Waals surface area contributed by atoms with Gasteiger partial charge in [-0.1, -0.05) is 63.6 Å². The van der Waals surface area contributed by atoms with Crippen LogP contribution in [0.4, 0.5) is 17.5 Å². The standard InChI is InChI=1S/C32H39N5O2/c1-5-10-23-13-15-24(16-14-23)29-30(25-17-19-26(20-18-25)39-22-21-37(6-2)7-3)35-32(33)36-31(29)34-27-11-8-9-12-28(27)38-4/h8-9,11-20H,5-7,10,21-22H2,1-4H3,(H3,33,34,35,36). The van der Waals surface area contributed by atoms with Crippen LogP contribution < -0.4 is 20.5 Å². The summed E-state index contributed by atoms with van der Waals surface area (Å²) in [6.45, 7) is 10.1. The minimum atomic E-state index is 0.188. The molecule has 4 aromatic rings. The largest absolute Gasteiger partial charge is 0.495 e. The third-order valence-electron chi connectivity index (χ3n) is 6.77. The minimum absolute atomic E-state index is 0.188. The Morgan fingerprint density at radius 1 is 0.846 bits per heavy atom. The van der Waals surface area contributed by atoms with E-state index in [0.29, 0.717) is 18.2 Å². The number of para-hydroxylation sites is 2. The van der Waals surface area contributed by atoms with Crippen LogP contribution in [0.3, 0.4) is 0 Å². The molecular formula is C32H39N5O2. The topological polar surface area (TPSA) is 85.5 Å². The zero-order valence-electron chi connectivity index (χ0n) is 23.4. The molecule has 0 atom stereocenters. The van der Waals surface area contributed by atoms with E-state index in [0.717, 1.165) is 66.3 Å². The number of hydrogen-bond donors (Lipinski definition) is 2. The summed E-state index contributed by atoms with van der Waals surface area (Å²) < 4.78 is 11.6. The third kappa shape index (κ3) is 7.06. The Labute approximate surface area is 232 Å². The lowest BCUT2D eigenvalue weighted by atomic mass is 9.97. The van der Waals surface area contributed by atoms with Crippen LogP contribution in [0.2, 0.25) is 0 Å². The summed E-state index contributed by atoms with van der Waals surface area (Å²) in [5.41, 5.74) is 11.9. The number of nitrogens with zero attached hydrogens (tertiary/aromatic N) is 3. The van der Waals surface area contributed by atoms with Crippen LogP contribution in [0, 0.1) is 0 Å². The number of aromatic nitrogens is 2. The van der Waals surface area contributed by atoms with Gasteiger partial charge in [0.2, 0.25) is 5.95 Å². The van der Waals surface area contributed by atoms with Crippen molar-refractivity contribution in [3.63, 3.8) is 0 Å². The Bertz CT molecular complexity index is 1340. The summed E-state index contributed by atoms with van der Waals surface area (Å²) in [5.74, 6) is 2.34. The fourth-order valence-electron chi connectivity index (χ4n) is 4.59. The molecule has 0 aliphatic rings. The normalized spacial score (nSPS) is 11.0. The van der Waals surface area contributed by atoms with E-state index in [1.54, 1.807) is 7.11 Å². The number of nitrogens with one attached hydrogen (secondary N) is 1. The predicted octanol–water partition coefficient (Wildman–Crippen LogP) is 6.82. The van der Waals surface area contributed by atoms with E-state index >= 15 is 0 Å². The summed E-state index contributed by atoms with van der Waals surface area (Å²) in [5, 5.41) is 3.46. The Morgan fingerprint density at radius 2 is 1.54 bits per heavy atom. The first kappa shape index (κ1) is 27.9. The number of hydrogen-bond acceptors (Lipinski definition) is 7. The van der Waals surface area contributed by atoms with Crippen molar-refractivity contribution in [3.05, 3.63) is 78.4 Å². The first-order valence-electron chi connectivity index (χ1n) is 13.7. The minimum Gasteiger partial charge on any atom is -0.495 e. The van der Waals surface area contributed by atoms with Crippen molar-refractivity contribution in [3.8, 4) is 33.9 Å². The lowest BCUT2D eigenvalue weighted by Crippen LogP contribution is -2.27. The summed E-state index contributed by atoms with van der Waals surface area (Å²) in [6, 6.07) is 24.3. The van der Waals surface area contributed by atoms with Gasteiger partial charge in [-0.2, -0.15) is 4.98 Å². The van der Waals surface area contributed by atoms with Gasteiger partial charge >= 0.3 is 0 Å². The van der Waals surface area contributed by atoms with E-state index in [9.17, 15) is 0 Å². The molecule has 3 aromatic carbocycles. The van der Waals surface area contributed by atoms with Crippen LogP contribution in [0.5, 0.6) is 11.5 Å². The van der Waals surface area contributed by atoms with Crippen molar-refractivity contribution >= 4 is 17.5 Å². The van der Waals surface area contributed by atoms with Crippen LogP contribution in [-0.4, -0.2) is 48.2 Å². The van der Waals surface area contributed by atoms with Gasteiger partial charge in [0.1, 0.15) is 23.9 Å². The zero-order chi connectivity index (χ0) is 27.6. The maximum Gasteiger partial charge on any atom is 0.222 e. The molecule has 7 heteroatoms. The molecule has 1 aromatic heterocycles. The van der Waals surface area contributed by atoms with Crippen molar-refractivity contribution in [2.75, 3.05) is 44.4 Å². The van der Waals surface area contributed by atoms with Crippen LogP contribution in [0.25, 0.3) is 22.4 Å². The van der Waals surface area contributed by atoms with Crippen LogP contribution >= 0.6 is 0 Å². The quantitative estimate of drug-likeness (QED) is 0.198. The average Bonchev–Trinajstić information content (AvgIpc) is 2.96. The summed E-state index contributed by atoms with van der Waals surface area (Å²) in [6.07, 6.45) is 2.13. The van der Waals surface area contributed by atoms with Gasteiger partial charge in [0.15, 0.2) is 0 Å². The highest BCUT2D eigenvalue weighted by Gasteiger charge is 2.19. The molecule has 0 bridgehead atoms. The molecule has 0 radical (unpaired) electrons. The number of methoxy groups -OCH3 is 1. The van der Waals surface area contributed by atoms with Gasteiger partial charge in [0, 0.05) is 12.1 Å². The predicted molar refractivity (Wildman–Crippen MR) is 161 cm³/mol. The fourth-order valence-corrected chi connectivity index (χ4v) is 4.59. The van der Waals surface area contributed by atoms with E-state index in [4.69, 9.17) is 20.2 Å². The highest BCUT2D eigenvalue weighted by molar-refractivity contribution is 5.91. The monoisotopic (exact) mass is 525 g/mol. The molecule has 0 spiro atoms. The van der Waals surface area contributed by atoms with Crippen molar-refractivity contribution in [2.45, 2.75) is 33.6 Å². The van der Waals surface area contributed by atoms with Gasteiger partial charge < -0.3 is 25.4 Å². The first-order valence-corrected chi connectivity index (χ1v) is 13.7. The molecule has 0 aliphatic carbocycles. The number of likely N-dealkylation sites (N-methyl/N-ethyl adjacent to an activating group) is 1. The number of nitrogens with two attached hydrogens (primary N) is 1. The molecule has 4 rings (SSSR count). The lowest BCUT2D eigenvalue weighted by Gasteiger charge is -2.19. The number of anilines is 3. The number of benzene rings is 3. The second-order valence-electron chi connectivity index (χ2n) is 9.33. The van der Waals surface area contributed by atoms with E-state index in [1.807, 2.05) is 48.5 Å². The molecule has 0 fully saturated rings. The molecule has 39 heavy (non-hydrogen) atoms. The van der Waals surface area contributed by atoms with Crippen LogP contribution in [0.1, 0.15) is 32.8 Å².